The Morgan fingerprint density at radius 1 is 1.19 bits per heavy atom. The van der Waals surface area contributed by atoms with Gasteiger partial charge in [0.25, 0.3) is 0 Å². The monoisotopic (exact) mass is 479 g/mol. The van der Waals surface area contributed by atoms with E-state index in [1.54, 1.807) is 0 Å². The molecule has 26 heavy (non-hydrogen) atoms. The number of aliphatic hydroxyl groups excluding tert-OH is 1. The summed E-state index contributed by atoms with van der Waals surface area (Å²) in [7, 11) is 0. The molecule has 1 aliphatic rings. The van der Waals surface area contributed by atoms with E-state index < -0.39 is 12.0 Å². The van der Waals surface area contributed by atoms with Crippen LogP contribution < -0.4 is 49.6 Å². The molecule has 2 atom stereocenters. The molecule has 146 valence electrons. The first-order chi connectivity index (χ1) is 10.0. The van der Waals surface area contributed by atoms with Crippen LogP contribution in [0.25, 0.3) is 0 Å². The molecule has 1 heterocycles. The van der Waals surface area contributed by atoms with Gasteiger partial charge in [0.2, 0.25) is 5.91 Å². The molecule has 0 saturated carbocycles. The second-order valence-corrected chi connectivity index (χ2v) is 5.66. The van der Waals surface area contributed by atoms with Gasteiger partial charge in [-0.3, -0.25) is 4.79 Å². The summed E-state index contributed by atoms with van der Waals surface area (Å²) < 4.78 is 5.03. The molecule has 1 fully saturated rings. The third kappa shape index (κ3) is 8.34. The zero-order valence-electron chi connectivity index (χ0n) is 14.4. The Morgan fingerprint density at radius 3 is 2.19 bits per heavy atom. The van der Waals surface area contributed by atoms with E-state index in [4.69, 9.17) is 4.74 Å². The predicted molar refractivity (Wildman–Crippen MR) is 77.5 cm³/mol. The standard InChI is InChI=1S/C16H21NO4.4ClH.Ti/c1-11(2)14(9-18)15(19)17-13(10-21-16(17)20)8-12-6-4-3-5-7-12;;;;;/h3-7,11,13-14,18H,8-10H2,1-2H3;4*1H;/q;;;;;+4/p-4. The first kappa shape index (κ1) is 33.6. The van der Waals surface area contributed by atoms with E-state index in [1.165, 1.54) is 4.90 Å². The van der Waals surface area contributed by atoms with E-state index in [1.807, 2.05) is 44.2 Å². The van der Waals surface area contributed by atoms with E-state index >= 15 is 0 Å². The summed E-state index contributed by atoms with van der Waals surface area (Å²) in [6.45, 7) is 3.65. The van der Waals surface area contributed by atoms with Crippen LogP contribution in [0.4, 0.5) is 4.79 Å². The SMILES string of the molecule is CC(C)C(CO)C(=O)N1C(=O)OCC1Cc1ccccc1.[Cl-].[Cl-].[Cl-].[Cl-].[Ti+4]. The molecule has 5 nitrogen and oxygen atoms in total. The van der Waals surface area contributed by atoms with Crippen LogP contribution in [0, 0.1) is 11.8 Å². The molecule has 2 unspecified atom stereocenters. The van der Waals surface area contributed by atoms with Gasteiger partial charge in [0.05, 0.1) is 18.6 Å². The van der Waals surface area contributed by atoms with Gasteiger partial charge in [0.1, 0.15) is 6.61 Å². The minimum atomic E-state index is -0.611. The normalized spacial score (nSPS) is 15.9. The third-order valence-electron chi connectivity index (χ3n) is 3.83. The maximum atomic E-state index is 12.5. The number of cyclic esters (lactones) is 1. The zero-order chi connectivity index (χ0) is 15.4. The van der Waals surface area contributed by atoms with E-state index in [2.05, 4.69) is 0 Å². The zero-order valence-corrected chi connectivity index (χ0v) is 19.0. The average molecular weight is 481 g/mol. The van der Waals surface area contributed by atoms with Crippen molar-refractivity contribution in [2.24, 2.45) is 11.8 Å². The topological polar surface area (TPSA) is 66.8 Å². The molecule has 0 spiro atoms. The van der Waals surface area contributed by atoms with Crippen molar-refractivity contribution >= 4 is 12.0 Å². The van der Waals surface area contributed by atoms with Crippen LogP contribution in [0.2, 0.25) is 0 Å². The van der Waals surface area contributed by atoms with Crippen LogP contribution in [0.5, 0.6) is 0 Å². The van der Waals surface area contributed by atoms with Gasteiger partial charge in [-0.05, 0) is 17.9 Å². The molecule has 2 rings (SSSR count). The number of hydrogen-bond donors (Lipinski definition) is 1. The van der Waals surface area contributed by atoms with Crippen molar-refractivity contribution in [2.75, 3.05) is 13.2 Å². The summed E-state index contributed by atoms with van der Waals surface area (Å²) in [5.41, 5.74) is 1.05. The number of hydrogen-bond acceptors (Lipinski definition) is 4. The molecular weight excluding hydrogens is 460 g/mol. The quantitative estimate of drug-likeness (QED) is 0.425. The molecule has 2 amide bonds. The number of benzene rings is 1. The number of amides is 2. The number of halogens is 4. The van der Waals surface area contributed by atoms with Crippen LogP contribution >= 0.6 is 0 Å². The molecule has 0 aromatic heterocycles. The van der Waals surface area contributed by atoms with Crippen molar-refractivity contribution in [1.29, 1.82) is 0 Å². The van der Waals surface area contributed by atoms with Crippen LogP contribution in [-0.2, 0) is 37.7 Å². The van der Waals surface area contributed by atoms with Gasteiger partial charge in [0.15, 0.2) is 0 Å². The molecule has 1 aromatic carbocycles. The number of carbonyl (C=O) groups is 2. The van der Waals surface area contributed by atoms with Crippen molar-refractivity contribution in [2.45, 2.75) is 26.3 Å². The molecule has 0 bridgehead atoms. The Morgan fingerprint density at radius 2 is 1.73 bits per heavy atom. The summed E-state index contributed by atoms with van der Waals surface area (Å²) >= 11 is 0. The number of carbonyl (C=O) groups excluding carboxylic acids is 2. The number of aliphatic hydroxyl groups is 1. The molecular formula is C16H21Cl4NO4Ti. The first-order valence-corrected chi connectivity index (χ1v) is 7.19. The number of nitrogens with zero attached hydrogens (tertiary/aromatic N) is 1. The van der Waals surface area contributed by atoms with E-state index in [-0.39, 0.29) is 102 Å². The summed E-state index contributed by atoms with van der Waals surface area (Å²) in [5.74, 6) is -0.960. The van der Waals surface area contributed by atoms with Gasteiger partial charge >= 0.3 is 27.8 Å². The Bertz CT molecular complexity index is 522. The van der Waals surface area contributed by atoms with Crippen LogP contribution in [0.1, 0.15) is 19.4 Å². The fraction of sp³-hybridized carbons (Fsp3) is 0.500. The van der Waals surface area contributed by atoms with Crippen molar-refractivity contribution in [3.8, 4) is 0 Å². The first-order valence-electron chi connectivity index (χ1n) is 7.19. The molecule has 0 aliphatic carbocycles. The average Bonchev–Trinajstić information content (AvgIpc) is 2.81. The molecule has 1 N–H and O–H groups in total. The summed E-state index contributed by atoms with van der Waals surface area (Å²) in [4.78, 5) is 25.5. The Hall–Kier alpha value is -0.00571. The fourth-order valence-electron chi connectivity index (χ4n) is 2.52. The maximum Gasteiger partial charge on any atom is 4.00 e. The van der Waals surface area contributed by atoms with E-state index in [0.717, 1.165) is 5.56 Å². The maximum absolute atomic E-state index is 12.5. The van der Waals surface area contributed by atoms with Gasteiger partial charge in [0, 0.05) is 0 Å². The smallest absolute Gasteiger partial charge is 1.00 e. The minimum Gasteiger partial charge on any atom is -1.00 e. The van der Waals surface area contributed by atoms with Gasteiger partial charge in [-0.2, -0.15) is 0 Å². The summed E-state index contributed by atoms with van der Waals surface area (Å²) in [6.07, 6.45) is -0.0470. The number of rotatable bonds is 5. The minimum absolute atomic E-state index is 0. The van der Waals surface area contributed by atoms with Crippen LogP contribution in [-0.4, -0.2) is 41.3 Å². The van der Waals surface area contributed by atoms with Crippen molar-refractivity contribution in [1.82, 2.24) is 4.90 Å². The summed E-state index contributed by atoms with van der Waals surface area (Å²) in [5, 5.41) is 9.39. The van der Waals surface area contributed by atoms with Gasteiger partial charge in [-0.15, -0.1) is 0 Å². The van der Waals surface area contributed by atoms with Crippen molar-refractivity contribution in [3.63, 3.8) is 0 Å². The Kier molecular flexibility index (Phi) is 20.7. The number of ether oxygens (including phenoxy) is 1. The van der Waals surface area contributed by atoms with Gasteiger partial charge < -0.3 is 59.5 Å². The Balaban J connectivity index is -0.000000484. The third-order valence-corrected chi connectivity index (χ3v) is 3.83. The predicted octanol–water partition coefficient (Wildman–Crippen LogP) is -10.1. The molecule has 1 aliphatic heterocycles. The molecule has 0 radical (unpaired) electrons. The summed E-state index contributed by atoms with van der Waals surface area (Å²) in [6, 6.07) is 9.37. The van der Waals surface area contributed by atoms with Gasteiger partial charge in [-0.1, -0.05) is 44.2 Å². The van der Waals surface area contributed by atoms with Crippen LogP contribution in [0.3, 0.4) is 0 Å². The molecule has 10 heteroatoms. The van der Waals surface area contributed by atoms with E-state index in [9.17, 15) is 14.7 Å². The number of imide groups is 1. The second kappa shape index (κ2) is 16.0. The molecule has 1 saturated heterocycles. The second-order valence-electron chi connectivity index (χ2n) is 5.66. The van der Waals surface area contributed by atoms with Crippen LogP contribution in [0.15, 0.2) is 30.3 Å². The van der Waals surface area contributed by atoms with Gasteiger partial charge in [-0.25, -0.2) is 9.69 Å². The Labute approximate surface area is 194 Å². The largest absolute Gasteiger partial charge is 4.00 e. The fourth-order valence-corrected chi connectivity index (χ4v) is 2.52. The van der Waals surface area contributed by atoms with Crippen molar-refractivity contribution < 1.29 is 90.8 Å². The van der Waals surface area contributed by atoms with E-state index in [0.29, 0.717) is 6.42 Å². The van der Waals surface area contributed by atoms with Crippen molar-refractivity contribution in [3.05, 3.63) is 35.9 Å². The molecule has 1 aromatic rings.